The van der Waals surface area contributed by atoms with E-state index in [4.69, 9.17) is 0 Å². The van der Waals surface area contributed by atoms with Crippen LogP contribution in [-0.4, -0.2) is 13.1 Å². The average Bonchev–Trinajstić information content (AvgIpc) is 2.04. The molecule has 0 amide bonds. The molecule has 0 aromatic heterocycles. The van der Waals surface area contributed by atoms with Gasteiger partial charge in [-0.25, -0.2) is 0 Å². The molecule has 1 aliphatic heterocycles. The summed E-state index contributed by atoms with van der Waals surface area (Å²) >= 11 is 0. The minimum absolute atomic E-state index is 0.996. The van der Waals surface area contributed by atoms with E-state index in [-0.39, 0.29) is 0 Å². The minimum atomic E-state index is 0.996. The van der Waals surface area contributed by atoms with Gasteiger partial charge in [-0.15, -0.1) is 0 Å². The maximum absolute atomic E-state index is 3.50. The lowest BCUT2D eigenvalue weighted by atomic mass is 9.72. The van der Waals surface area contributed by atoms with Gasteiger partial charge in [0.25, 0.3) is 0 Å². The fraction of sp³-hybridized carbons (Fsp3) is 1.00. The quantitative estimate of drug-likeness (QED) is 0.561. The van der Waals surface area contributed by atoms with Gasteiger partial charge in [-0.1, -0.05) is 13.3 Å². The lowest BCUT2D eigenvalue weighted by Gasteiger charge is -2.38. The van der Waals surface area contributed by atoms with Crippen LogP contribution in [0.3, 0.4) is 0 Å². The fourth-order valence-corrected chi connectivity index (χ4v) is 2.77. The van der Waals surface area contributed by atoms with Gasteiger partial charge in [-0.2, -0.15) is 0 Å². The number of hydrogen-bond donors (Lipinski definition) is 1. The Labute approximate surface area is 69.6 Å². The molecule has 0 aromatic carbocycles. The smallest absolute Gasteiger partial charge is 0.00178 e. The van der Waals surface area contributed by atoms with Crippen LogP contribution in [0.4, 0.5) is 0 Å². The summed E-state index contributed by atoms with van der Waals surface area (Å²) in [7, 11) is 0. The first-order valence-corrected chi connectivity index (χ1v) is 5.07. The molecule has 3 atom stereocenters. The molecule has 2 aliphatic rings. The van der Waals surface area contributed by atoms with Gasteiger partial charge in [0, 0.05) is 0 Å². The zero-order chi connectivity index (χ0) is 7.68. The minimum Gasteiger partial charge on any atom is -0.316 e. The summed E-state index contributed by atoms with van der Waals surface area (Å²) in [5.74, 6) is 3.09. The Morgan fingerprint density at radius 3 is 2.91 bits per heavy atom. The monoisotopic (exact) mass is 153 g/mol. The predicted molar refractivity (Wildman–Crippen MR) is 47.5 cm³/mol. The Bertz CT molecular complexity index is 133. The highest BCUT2D eigenvalue weighted by atomic mass is 14.9. The normalized spacial score (nSPS) is 45.0. The lowest BCUT2D eigenvalue weighted by Crippen LogP contribution is -2.39. The van der Waals surface area contributed by atoms with E-state index < -0.39 is 0 Å². The number of fused-ring (bicyclic) bond motifs is 1. The molecule has 1 saturated heterocycles. The van der Waals surface area contributed by atoms with Crippen LogP contribution in [0.5, 0.6) is 0 Å². The molecule has 0 radical (unpaired) electrons. The van der Waals surface area contributed by atoms with Crippen LogP contribution in [0.15, 0.2) is 0 Å². The number of nitrogens with one attached hydrogen (secondary N) is 1. The summed E-state index contributed by atoms with van der Waals surface area (Å²) in [5, 5.41) is 3.50. The molecule has 0 spiro atoms. The van der Waals surface area contributed by atoms with Gasteiger partial charge in [0.1, 0.15) is 0 Å². The summed E-state index contributed by atoms with van der Waals surface area (Å²) in [6.07, 6.45) is 5.92. The Hall–Kier alpha value is -0.0400. The molecule has 1 nitrogen and oxygen atoms in total. The standard InChI is InChI=1S/C10H19N/c1-8-2-3-9-4-5-11-7-10(9)6-8/h8-11H,2-7H2,1H3/t8?,9?,10-/m0/s1. The summed E-state index contributed by atoms with van der Waals surface area (Å²) < 4.78 is 0. The van der Waals surface area contributed by atoms with Gasteiger partial charge < -0.3 is 5.32 Å². The van der Waals surface area contributed by atoms with E-state index in [2.05, 4.69) is 12.2 Å². The second kappa shape index (κ2) is 3.14. The van der Waals surface area contributed by atoms with Crippen molar-refractivity contribution in [3.63, 3.8) is 0 Å². The average molecular weight is 153 g/mol. The molecule has 1 saturated carbocycles. The molecular weight excluding hydrogens is 134 g/mol. The Morgan fingerprint density at radius 1 is 1.09 bits per heavy atom. The largest absolute Gasteiger partial charge is 0.316 e. The van der Waals surface area contributed by atoms with Gasteiger partial charge in [0.15, 0.2) is 0 Å². The summed E-state index contributed by atoms with van der Waals surface area (Å²) in [5.41, 5.74) is 0. The molecular formula is C10H19N. The van der Waals surface area contributed by atoms with E-state index in [1.165, 1.54) is 38.8 Å². The van der Waals surface area contributed by atoms with Crippen molar-refractivity contribution < 1.29 is 0 Å². The molecule has 1 heteroatoms. The fourth-order valence-electron chi connectivity index (χ4n) is 2.77. The first kappa shape index (κ1) is 7.60. The third-order valence-corrected chi connectivity index (χ3v) is 3.50. The third-order valence-electron chi connectivity index (χ3n) is 3.50. The predicted octanol–water partition coefficient (Wildman–Crippen LogP) is 2.03. The van der Waals surface area contributed by atoms with Crippen LogP contribution in [0.1, 0.15) is 32.6 Å². The highest BCUT2D eigenvalue weighted by Crippen LogP contribution is 2.36. The maximum atomic E-state index is 3.50. The molecule has 0 aromatic rings. The van der Waals surface area contributed by atoms with Crippen molar-refractivity contribution in [3.05, 3.63) is 0 Å². The van der Waals surface area contributed by atoms with Crippen molar-refractivity contribution in [1.82, 2.24) is 5.32 Å². The summed E-state index contributed by atoms with van der Waals surface area (Å²) in [4.78, 5) is 0. The van der Waals surface area contributed by atoms with E-state index in [0.29, 0.717) is 0 Å². The highest BCUT2D eigenvalue weighted by molar-refractivity contribution is 4.83. The molecule has 64 valence electrons. The van der Waals surface area contributed by atoms with Crippen molar-refractivity contribution >= 4 is 0 Å². The van der Waals surface area contributed by atoms with Gasteiger partial charge in [0.05, 0.1) is 0 Å². The maximum Gasteiger partial charge on any atom is -0.00178 e. The third kappa shape index (κ3) is 1.58. The summed E-state index contributed by atoms with van der Waals surface area (Å²) in [6.45, 7) is 4.98. The van der Waals surface area contributed by atoms with Crippen LogP contribution in [0.25, 0.3) is 0 Å². The first-order valence-electron chi connectivity index (χ1n) is 5.07. The van der Waals surface area contributed by atoms with Crippen LogP contribution in [0, 0.1) is 17.8 Å². The van der Waals surface area contributed by atoms with Gasteiger partial charge in [-0.05, 0) is 50.1 Å². The first-order chi connectivity index (χ1) is 5.36. The van der Waals surface area contributed by atoms with Crippen molar-refractivity contribution in [2.24, 2.45) is 17.8 Å². The zero-order valence-corrected chi connectivity index (χ0v) is 7.47. The van der Waals surface area contributed by atoms with E-state index in [1.54, 1.807) is 0 Å². The Balaban J connectivity index is 1.93. The number of piperidine rings is 1. The highest BCUT2D eigenvalue weighted by Gasteiger charge is 2.29. The molecule has 2 fully saturated rings. The zero-order valence-electron chi connectivity index (χ0n) is 7.47. The molecule has 1 heterocycles. The van der Waals surface area contributed by atoms with E-state index >= 15 is 0 Å². The molecule has 1 aliphatic carbocycles. The van der Waals surface area contributed by atoms with Crippen LogP contribution in [-0.2, 0) is 0 Å². The van der Waals surface area contributed by atoms with Crippen molar-refractivity contribution in [1.29, 1.82) is 0 Å². The van der Waals surface area contributed by atoms with Gasteiger partial charge in [-0.3, -0.25) is 0 Å². The second-order valence-corrected chi connectivity index (χ2v) is 4.43. The van der Waals surface area contributed by atoms with E-state index in [1.807, 2.05) is 0 Å². The number of rotatable bonds is 0. The van der Waals surface area contributed by atoms with Crippen molar-refractivity contribution in [2.45, 2.75) is 32.6 Å². The van der Waals surface area contributed by atoms with Gasteiger partial charge >= 0.3 is 0 Å². The van der Waals surface area contributed by atoms with Crippen LogP contribution < -0.4 is 5.32 Å². The Kier molecular flexibility index (Phi) is 2.17. The van der Waals surface area contributed by atoms with Gasteiger partial charge in [0.2, 0.25) is 0 Å². The van der Waals surface area contributed by atoms with Crippen LogP contribution >= 0.6 is 0 Å². The lowest BCUT2D eigenvalue weighted by molar-refractivity contribution is 0.149. The SMILES string of the molecule is CC1CCC2CCNC[C@@H]2C1. The van der Waals surface area contributed by atoms with Crippen molar-refractivity contribution in [2.75, 3.05) is 13.1 Å². The molecule has 1 N–H and O–H groups in total. The van der Waals surface area contributed by atoms with E-state index in [9.17, 15) is 0 Å². The summed E-state index contributed by atoms with van der Waals surface area (Å²) in [6, 6.07) is 0. The van der Waals surface area contributed by atoms with E-state index in [0.717, 1.165) is 17.8 Å². The molecule has 2 rings (SSSR count). The molecule has 0 bridgehead atoms. The van der Waals surface area contributed by atoms with Crippen LogP contribution in [0.2, 0.25) is 0 Å². The second-order valence-electron chi connectivity index (χ2n) is 4.43. The molecule has 11 heavy (non-hydrogen) atoms. The molecule has 2 unspecified atom stereocenters. The Morgan fingerprint density at radius 2 is 2.00 bits per heavy atom. The van der Waals surface area contributed by atoms with Crippen molar-refractivity contribution in [3.8, 4) is 0 Å². The number of hydrogen-bond acceptors (Lipinski definition) is 1. The topological polar surface area (TPSA) is 12.0 Å².